The number of hydrogen-bond donors (Lipinski definition) is 2. The molecule has 2 aromatic carbocycles. The predicted molar refractivity (Wildman–Crippen MR) is 116 cm³/mol. The van der Waals surface area contributed by atoms with Crippen molar-refractivity contribution in [3.63, 3.8) is 0 Å². The lowest BCUT2D eigenvalue weighted by Crippen LogP contribution is -2.23. The predicted octanol–water partition coefficient (Wildman–Crippen LogP) is 3.53. The normalized spacial score (nSPS) is 11.9. The first-order valence-electron chi connectivity index (χ1n) is 8.92. The van der Waals surface area contributed by atoms with E-state index in [-0.39, 0.29) is 18.5 Å². The molecule has 8 nitrogen and oxygen atoms in total. The van der Waals surface area contributed by atoms with Gasteiger partial charge < -0.3 is 30.0 Å². The van der Waals surface area contributed by atoms with Crippen molar-refractivity contribution in [1.29, 1.82) is 0 Å². The maximum Gasteiger partial charge on any atom is 0.265 e. The van der Waals surface area contributed by atoms with Gasteiger partial charge in [-0.15, -0.1) is 0 Å². The number of amides is 1. The molecular formula is C20H19N3O5S2. The number of nitrogens with two attached hydrogens (primary N) is 1. The van der Waals surface area contributed by atoms with Crippen LogP contribution in [0.15, 0.2) is 36.4 Å². The number of benzene rings is 2. The van der Waals surface area contributed by atoms with Crippen LogP contribution in [0.5, 0.6) is 23.0 Å². The number of ether oxygens (including phenoxy) is 4. The lowest BCUT2D eigenvalue weighted by molar-refractivity contribution is 0.0955. The first kappa shape index (κ1) is 20.0. The van der Waals surface area contributed by atoms with E-state index in [1.54, 1.807) is 37.0 Å². The molecule has 4 rings (SSSR count). The minimum Gasteiger partial charge on any atom is -0.497 e. The molecule has 1 aliphatic rings. The van der Waals surface area contributed by atoms with Crippen LogP contribution in [0, 0.1) is 3.95 Å². The van der Waals surface area contributed by atoms with Crippen LogP contribution in [0.4, 0.5) is 5.82 Å². The van der Waals surface area contributed by atoms with Gasteiger partial charge in [-0.25, -0.2) is 0 Å². The zero-order chi connectivity index (χ0) is 21.3. The highest BCUT2D eigenvalue weighted by Crippen LogP contribution is 2.34. The van der Waals surface area contributed by atoms with Gasteiger partial charge in [0.25, 0.3) is 5.91 Å². The summed E-state index contributed by atoms with van der Waals surface area (Å²) in [5, 5.41) is 2.87. The van der Waals surface area contributed by atoms with Gasteiger partial charge in [-0.05, 0) is 42.0 Å². The number of hydrogen-bond acceptors (Lipinski definition) is 8. The number of carbonyl (C=O) groups excluding carboxylic acids is 1. The fourth-order valence-electron chi connectivity index (χ4n) is 3.06. The number of thiazole rings is 1. The van der Waals surface area contributed by atoms with Crippen molar-refractivity contribution >= 4 is 35.3 Å². The van der Waals surface area contributed by atoms with Crippen LogP contribution in [-0.2, 0) is 6.54 Å². The van der Waals surface area contributed by atoms with Gasteiger partial charge in [-0.1, -0.05) is 17.4 Å². The SMILES string of the molecule is COc1ccc(OC)c(-n2c(N)c(C(=O)NCc3ccc4c(c3)OCO4)sc2=S)c1. The summed E-state index contributed by atoms with van der Waals surface area (Å²) in [7, 11) is 3.12. The zero-order valence-electron chi connectivity index (χ0n) is 16.3. The van der Waals surface area contributed by atoms with E-state index >= 15 is 0 Å². The molecule has 0 unspecified atom stereocenters. The Morgan fingerprint density at radius 3 is 2.77 bits per heavy atom. The first-order chi connectivity index (χ1) is 14.5. The number of anilines is 1. The Bertz CT molecular complexity index is 1170. The molecule has 2 heterocycles. The Morgan fingerprint density at radius 1 is 1.20 bits per heavy atom. The molecule has 0 saturated carbocycles. The summed E-state index contributed by atoms with van der Waals surface area (Å²) in [5.41, 5.74) is 7.79. The lowest BCUT2D eigenvalue weighted by atomic mass is 10.2. The van der Waals surface area contributed by atoms with E-state index in [0.29, 0.717) is 44.1 Å². The molecule has 0 saturated heterocycles. The van der Waals surface area contributed by atoms with Gasteiger partial charge in [0.05, 0.1) is 19.9 Å². The molecule has 0 aliphatic carbocycles. The summed E-state index contributed by atoms with van der Waals surface area (Å²) in [6, 6.07) is 10.8. The van der Waals surface area contributed by atoms with Crippen LogP contribution < -0.4 is 30.0 Å². The molecule has 30 heavy (non-hydrogen) atoms. The highest BCUT2D eigenvalue weighted by Gasteiger charge is 2.21. The van der Waals surface area contributed by atoms with E-state index in [0.717, 1.165) is 16.9 Å². The second kappa shape index (κ2) is 8.25. The molecule has 0 fully saturated rings. The summed E-state index contributed by atoms with van der Waals surface area (Å²) in [6.45, 7) is 0.508. The summed E-state index contributed by atoms with van der Waals surface area (Å²) < 4.78 is 23.4. The molecule has 1 aromatic heterocycles. The quantitative estimate of drug-likeness (QED) is 0.560. The van der Waals surface area contributed by atoms with Crippen LogP contribution in [0.2, 0.25) is 0 Å². The smallest absolute Gasteiger partial charge is 0.265 e. The van der Waals surface area contributed by atoms with Gasteiger partial charge in [-0.2, -0.15) is 0 Å². The molecule has 10 heteroatoms. The highest BCUT2D eigenvalue weighted by molar-refractivity contribution is 7.73. The molecule has 0 radical (unpaired) electrons. The second-order valence-electron chi connectivity index (χ2n) is 6.33. The van der Waals surface area contributed by atoms with Crippen molar-refractivity contribution in [3.8, 4) is 28.7 Å². The van der Waals surface area contributed by atoms with Gasteiger partial charge in [0.1, 0.15) is 22.2 Å². The number of nitrogens with zero attached hydrogens (tertiary/aromatic N) is 1. The van der Waals surface area contributed by atoms with Crippen molar-refractivity contribution in [1.82, 2.24) is 9.88 Å². The van der Waals surface area contributed by atoms with Crippen LogP contribution >= 0.6 is 23.6 Å². The topological polar surface area (TPSA) is 97.0 Å². The number of carbonyl (C=O) groups is 1. The van der Waals surface area contributed by atoms with Crippen LogP contribution in [-0.4, -0.2) is 31.5 Å². The Labute approximate surface area is 181 Å². The molecule has 1 amide bonds. The first-order valence-corrected chi connectivity index (χ1v) is 10.1. The average molecular weight is 446 g/mol. The summed E-state index contributed by atoms with van der Waals surface area (Å²) in [5.74, 6) is 2.45. The minimum absolute atomic E-state index is 0.201. The maximum absolute atomic E-state index is 12.8. The minimum atomic E-state index is -0.318. The van der Waals surface area contributed by atoms with Gasteiger partial charge in [0.2, 0.25) is 6.79 Å². The number of fused-ring (bicyclic) bond motifs is 1. The van der Waals surface area contributed by atoms with Crippen molar-refractivity contribution in [2.24, 2.45) is 0 Å². The van der Waals surface area contributed by atoms with E-state index in [2.05, 4.69) is 5.32 Å². The van der Waals surface area contributed by atoms with E-state index < -0.39 is 0 Å². The highest BCUT2D eigenvalue weighted by atomic mass is 32.1. The fraction of sp³-hybridized carbons (Fsp3) is 0.200. The molecular weight excluding hydrogens is 426 g/mol. The van der Waals surface area contributed by atoms with Crippen LogP contribution in [0.3, 0.4) is 0 Å². The van der Waals surface area contributed by atoms with Crippen molar-refractivity contribution in [2.45, 2.75) is 6.54 Å². The second-order valence-corrected chi connectivity index (χ2v) is 7.97. The number of aromatic nitrogens is 1. The standard InChI is InChI=1S/C20H19N3O5S2/c1-25-12-4-6-14(26-2)13(8-12)23-18(21)17(30-20(23)29)19(24)22-9-11-3-5-15-16(7-11)28-10-27-15/h3-8H,9-10,21H2,1-2H3,(H,22,24). The summed E-state index contributed by atoms with van der Waals surface area (Å²) in [6.07, 6.45) is 0. The van der Waals surface area contributed by atoms with Crippen LogP contribution in [0.25, 0.3) is 5.69 Å². The third-order valence-electron chi connectivity index (χ3n) is 4.57. The van der Waals surface area contributed by atoms with Gasteiger partial charge in [-0.3, -0.25) is 9.36 Å². The largest absolute Gasteiger partial charge is 0.497 e. The van der Waals surface area contributed by atoms with Gasteiger partial charge in [0, 0.05) is 12.6 Å². The third kappa shape index (κ3) is 3.66. The third-order valence-corrected chi connectivity index (χ3v) is 5.96. The Balaban J connectivity index is 1.59. The molecule has 156 valence electrons. The lowest BCUT2D eigenvalue weighted by Gasteiger charge is -2.13. The monoisotopic (exact) mass is 445 g/mol. The van der Waals surface area contributed by atoms with Crippen molar-refractivity contribution in [2.75, 3.05) is 26.7 Å². The average Bonchev–Trinajstić information content (AvgIpc) is 3.34. The summed E-state index contributed by atoms with van der Waals surface area (Å²) in [4.78, 5) is 13.1. The number of methoxy groups -OCH3 is 2. The van der Waals surface area contributed by atoms with E-state index in [4.69, 9.17) is 36.9 Å². The maximum atomic E-state index is 12.8. The zero-order valence-corrected chi connectivity index (χ0v) is 17.9. The Hall–Kier alpha value is -3.24. The molecule has 1 aliphatic heterocycles. The van der Waals surface area contributed by atoms with Crippen molar-refractivity contribution in [3.05, 3.63) is 50.8 Å². The van der Waals surface area contributed by atoms with E-state index in [1.165, 1.54) is 0 Å². The summed E-state index contributed by atoms with van der Waals surface area (Å²) >= 11 is 6.61. The van der Waals surface area contributed by atoms with Crippen molar-refractivity contribution < 1.29 is 23.7 Å². The molecule has 3 N–H and O–H groups in total. The molecule has 3 aromatic rings. The van der Waals surface area contributed by atoms with E-state index in [1.807, 2.05) is 18.2 Å². The number of rotatable bonds is 6. The molecule has 0 spiro atoms. The van der Waals surface area contributed by atoms with Crippen LogP contribution in [0.1, 0.15) is 15.2 Å². The molecule has 0 atom stereocenters. The fourth-order valence-corrected chi connectivity index (χ4v) is 4.33. The van der Waals surface area contributed by atoms with Gasteiger partial charge in [0.15, 0.2) is 15.5 Å². The number of nitrogen functional groups attached to an aromatic ring is 1. The Morgan fingerprint density at radius 2 is 2.00 bits per heavy atom. The molecule has 0 bridgehead atoms. The Kier molecular flexibility index (Phi) is 5.51. The number of nitrogens with one attached hydrogen (secondary N) is 1. The van der Waals surface area contributed by atoms with Gasteiger partial charge >= 0.3 is 0 Å². The van der Waals surface area contributed by atoms with E-state index in [9.17, 15) is 4.79 Å².